The number of carbonyl (C=O) groups is 3. The predicted molar refractivity (Wildman–Crippen MR) is 131 cm³/mol. The molecule has 4 N–H and O–H groups in total. The number of anilines is 2. The summed E-state index contributed by atoms with van der Waals surface area (Å²) < 4.78 is 10.9. The lowest BCUT2D eigenvalue weighted by atomic mass is 9.92. The molecule has 0 radical (unpaired) electrons. The lowest BCUT2D eigenvalue weighted by molar-refractivity contribution is -0.114. The molecule has 1 saturated heterocycles. The Morgan fingerprint density at radius 1 is 1.00 bits per heavy atom. The van der Waals surface area contributed by atoms with Gasteiger partial charge >= 0.3 is 0 Å². The maximum absolute atomic E-state index is 13.3. The molecule has 10 nitrogen and oxygen atoms in total. The van der Waals surface area contributed by atoms with E-state index in [2.05, 4.69) is 20.9 Å². The van der Waals surface area contributed by atoms with Crippen molar-refractivity contribution in [2.45, 2.75) is 25.4 Å². The standard InChI is InChI=1S/C25H27N5O5/c1-14(31)26-15-4-5-18-16(12-15)23(32)29-25(28-18)8-10-30(11-9-25)24(33)19-13-17-20(34-2)6-7-21(35-3)22(17)27-19/h4-7,12-13,27-28H,8-11H2,1-3H3,(H,26,31)(H,29,32). The number of ether oxygens (including phenoxy) is 2. The molecule has 2 aliphatic heterocycles. The molecule has 0 unspecified atom stereocenters. The summed E-state index contributed by atoms with van der Waals surface area (Å²) in [7, 11) is 3.17. The van der Waals surface area contributed by atoms with Crippen LogP contribution in [-0.2, 0) is 4.79 Å². The van der Waals surface area contributed by atoms with Gasteiger partial charge in [-0.15, -0.1) is 0 Å². The number of piperidine rings is 1. The summed E-state index contributed by atoms with van der Waals surface area (Å²) >= 11 is 0. The van der Waals surface area contributed by atoms with E-state index in [9.17, 15) is 14.4 Å². The molecule has 3 heterocycles. The number of aromatic amines is 1. The lowest BCUT2D eigenvalue weighted by Crippen LogP contribution is -2.62. The van der Waals surface area contributed by atoms with E-state index >= 15 is 0 Å². The molecule has 2 aliphatic rings. The largest absolute Gasteiger partial charge is 0.496 e. The third kappa shape index (κ3) is 4.01. The van der Waals surface area contributed by atoms with Gasteiger partial charge in [0.05, 0.1) is 25.3 Å². The summed E-state index contributed by atoms with van der Waals surface area (Å²) in [5.74, 6) is 0.757. The third-order valence-corrected chi connectivity index (χ3v) is 6.60. The number of fused-ring (bicyclic) bond motifs is 2. The number of nitrogens with one attached hydrogen (secondary N) is 4. The maximum Gasteiger partial charge on any atom is 0.270 e. The van der Waals surface area contributed by atoms with Crippen molar-refractivity contribution in [1.29, 1.82) is 0 Å². The Bertz CT molecular complexity index is 1300. The average molecular weight is 478 g/mol. The molecule has 0 aliphatic carbocycles. The minimum absolute atomic E-state index is 0.123. The topological polar surface area (TPSA) is 125 Å². The van der Waals surface area contributed by atoms with Gasteiger partial charge in [0.25, 0.3) is 11.8 Å². The Balaban J connectivity index is 1.32. The second kappa shape index (κ2) is 8.53. The quantitative estimate of drug-likeness (QED) is 0.458. The second-order valence-corrected chi connectivity index (χ2v) is 8.84. The van der Waals surface area contributed by atoms with E-state index < -0.39 is 5.66 Å². The number of aromatic nitrogens is 1. The molecule has 3 aromatic rings. The van der Waals surface area contributed by atoms with Crippen molar-refractivity contribution in [3.05, 3.63) is 47.7 Å². The monoisotopic (exact) mass is 477 g/mol. The highest BCUT2D eigenvalue weighted by Crippen LogP contribution is 2.35. The fraction of sp³-hybridized carbons (Fsp3) is 0.320. The first-order valence-corrected chi connectivity index (χ1v) is 11.4. The van der Waals surface area contributed by atoms with Crippen molar-refractivity contribution in [3.8, 4) is 11.5 Å². The molecule has 1 aromatic heterocycles. The van der Waals surface area contributed by atoms with Crippen LogP contribution < -0.4 is 25.4 Å². The van der Waals surface area contributed by atoms with E-state index in [-0.39, 0.29) is 17.7 Å². The number of amides is 3. The highest BCUT2D eigenvalue weighted by molar-refractivity contribution is 6.04. The van der Waals surface area contributed by atoms with E-state index in [1.165, 1.54) is 6.92 Å². The van der Waals surface area contributed by atoms with Gasteiger partial charge in [0.1, 0.15) is 22.9 Å². The smallest absolute Gasteiger partial charge is 0.270 e. The molecule has 2 aromatic carbocycles. The highest BCUT2D eigenvalue weighted by Gasteiger charge is 2.41. The van der Waals surface area contributed by atoms with Crippen LogP contribution in [0.15, 0.2) is 36.4 Å². The van der Waals surface area contributed by atoms with Gasteiger partial charge in [-0.1, -0.05) is 0 Å². The first-order valence-electron chi connectivity index (χ1n) is 11.4. The van der Waals surface area contributed by atoms with Gasteiger partial charge in [0.15, 0.2) is 0 Å². The van der Waals surface area contributed by atoms with Crippen molar-refractivity contribution >= 4 is 40.0 Å². The van der Waals surface area contributed by atoms with Crippen molar-refractivity contribution in [2.24, 2.45) is 0 Å². The Morgan fingerprint density at radius 2 is 1.71 bits per heavy atom. The van der Waals surface area contributed by atoms with Gasteiger partial charge in [0.2, 0.25) is 5.91 Å². The molecule has 0 saturated carbocycles. The molecular weight excluding hydrogens is 450 g/mol. The van der Waals surface area contributed by atoms with Crippen molar-refractivity contribution in [2.75, 3.05) is 37.9 Å². The minimum Gasteiger partial charge on any atom is -0.496 e. The fourth-order valence-corrected chi connectivity index (χ4v) is 4.84. The number of nitrogens with zero attached hydrogens (tertiary/aromatic N) is 1. The summed E-state index contributed by atoms with van der Waals surface area (Å²) in [5.41, 5.74) is 2.27. The Kier molecular flexibility index (Phi) is 5.50. The fourth-order valence-electron chi connectivity index (χ4n) is 4.84. The maximum atomic E-state index is 13.3. The van der Waals surface area contributed by atoms with E-state index in [4.69, 9.17) is 9.47 Å². The van der Waals surface area contributed by atoms with Crippen molar-refractivity contribution < 1.29 is 23.9 Å². The van der Waals surface area contributed by atoms with Crippen LogP contribution >= 0.6 is 0 Å². The van der Waals surface area contributed by atoms with E-state index in [1.807, 2.05) is 6.07 Å². The SMILES string of the molecule is COc1ccc(OC)c2[nH]c(C(=O)N3CCC4(CC3)NC(=O)c3cc(NC(C)=O)ccc3N4)cc12. The van der Waals surface area contributed by atoms with Crippen LogP contribution in [-0.4, -0.2) is 60.6 Å². The van der Waals surface area contributed by atoms with Crippen molar-refractivity contribution in [1.82, 2.24) is 15.2 Å². The van der Waals surface area contributed by atoms with Gasteiger partial charge in [-0.05, 0) is 36.4 Å². The molecule has 10 heteroatoms. The zero-order chi connectivity index (χ0) is 24.7. The van der Waals surface area contributed by atoms with Crippen molar-refractivity contribution in [3.63, 3.8) is 0 Å². The number of hydrogen-bond donors (Lipinski definition) is 4. The zero-order valence-electron chi connectivity index (χ0n) is 19.8. The van der Waals surface area contributed by atoms with Crippen LogP contribution in [0, 0.1) is 0 Å². The van der Waals surface area contributed by atoms with Gasteiger partial charge in [-0.25, -0.2) is 0 Å². The number of likely N-dealkylation sites (tertiary alicyclic amines) is 1. The molecule has 1 spiro atoms. The molecule has 0 atom stereocenters. The van der Waals surface area contributed by atoms with Crippen LogP contribution in [0.3, 0.4) is 0 Å². The first kappa shape index (κ1) is 22.6. The van der Waals surface area contributed by atoms with E-state index in [1.54, 1.807) is 49.5 Å². The van der Waals surface area contributed by atoms with Gasteiger partial charge in [0, 0.05) is 49.6 Å². The molecule has 5 rings (SSSR count). The van der Waals surface area contributed by atoms with Crippen LogP contribution in [0.4, 0.5) is 11.4 Å². The van der Waals surface area contributed by atoms with Crippen LogP contribution in [0.2, 0.25) is 0 Å². The number of benzene rings is 2. The number of carbonyl (C=O) groups excluding carboxylic acids is 3. The summed E-state index contributed by atoms with van der Waals surface area (Å²) in [6, 6.07) is 10.6. The second-order valence-electron chi connectivity index (χ2n) is 8.84. The molecule has 35 heavy (non-hydrogen) atoms. The molecule has 0 bridgehead atoms. The summed E-state index contributed by atoms with van der Waals surface area (Å²) in [5, 5.41) is 10.0. The van der Waals surface area contributed by atoms with Crippen LogP contribution in [0.1, 0.15) is 40.6 Å². The molecule has 182 valence electrons. The number of rotatable bonds is 4. The molecule has 1 fully saturated rings. The summed E-state index contributed by atoms with van der Waals surface area (Å²) in [6.07, 6.45) is 1.09. The number of methoxy groups -OCH3 is 2. The molecule has 3 amide bonds. The predicted octanol–water partition coefficient (Wildman–Crippen LogP) is 2.93. The van der Waals surface area contributed by atoms with Gasteiger partial charge in [-0.3, -0.25) is 14.4 Å². The summed E-state index contributed by atoms with van der Waals surface area (Å²) in [6.45, 7) is 2.36. The highest BCUT2D eigenvalue weighted by atomic mass is 16.5. The third-order valence-electron chi connectivity index (χ3n) is 6.60. The minimum atomic E-state index is -0.636. The Hall–Kier alpha value is -4.21. The average Bonchev–Trinajstić information content (AvgIpc) is 3.29. The molecular formula is C25H27N5O5. The lowest BCUT2D eigenvalue weighted by Gasteiger charge is -2.45. The Morgan fingerprint density at radius 3 is 2.40 bits per heavy atom. The number of hydrogen-bond acceptors (Lipinski definition) is 6. The first-order chi connectivity index (χ1) is 16.8. The van der Waals surface area contributed by atoms with Gasteiger partial charge < -0.3 is 35.3 Å². The number of H-pyrrole nitrogens is 1. The van der Waals surface area contributed by atoms with Crippen LogP contribution in [0.25, 0.3) is 10.9 Å². The van der Waals surface area contributed by atoms with Crippen LogP contribution in [0.5, 0.6) is 11.5 Å². The zero-order valence-corrected chi connectivity index (χ0v) is 19.8. The van der Waals surface area contributed by atoms with Gasteiger partial charge in [-0.2, -0.15) is 0 Å². The Labute approximate surface area is 202 Å². The van der Waals surface area contributed by atoms with E-state index in [0.29, 0.717) is 65.6 Å². The van der Waals surface area contributed by atoms with E-state index in [0.717, 1.165) is 5.39 Å². The summed E-state index contributed by atoms with van der Waals surface area (Å²) in [4.78, 5) is 42.5. The normalized spacial score (nSPS) is 16.3.